The third-order valence-corrected chi connectivity index (χ3v) is 5.27. The van der Waals surface area contributed by atoms with Gasteiger partial charge in [0, 0.05) is 11.3 Å². The zero-order valence-corrected chi connectivity index (χ0v) is 12.0. The van der Waals surface area contributed by atoms with E-state index >= 15 is 0 Å². The highest BCUT2D eigenvalue weighted by molar-refractivity contribution is 8.00. The Morgan fingerprint density at radius 1 is 1.06 bits per heavy atom. The van der Waals surface area contributed by atoms with E-state index in [0.29, 0.717) is 4.75 Å². The van der Waals surface area contributed by atoms with Crippen LogP contribution in [0.2, 0.25) is 0 Å². The average molecular weight is 243 g/mol. The number of hydrogen-bond donors (Lipinski definition) is 1. The van der Waals surface area contributed by atoms with E-state index in [9.17, 15) is 0 Å². The molecule has 0 aromatic heterocycles. The molecule has 0 aliphatic heterocycles. The van der Waals surface area contributed by atoms with E-state index in [0.717, 1.165) is 0 Å². The molecule has 0 radical (unpaired) electrons. The van der Waals surface area contributed by atoms with Gasteiger partial charge in [-0.15, -0.1) is 0 Å². The summed E-state index contributed by atoms with van der Waals surface area (Å²) in [5.74, 6) is 0. The monoisotopic (exact) mass is 243 g/mol. The van der Waals surface area contributed by atoms with Crippen molar-refractivity contribution in [2.75, 3.05) is 19.3 Å². The van der Waals surface area contributed by atoms with Crippen molar-refractivity contribution in [2.24, 2.45) is 0 Å². The van der Waals surface area contributed by atoms with Crippen LogP contribution >= 0.6 is 11.8 Å². The molecule has 16 heavy (non-hydrogen) atoms. The molecule has 1 saturated carbocycles. The third kappa shape index (κ3) is 5.09. The molecule has 1 nitrogen and oxygen atoms in total. The van der Waals surface area contributed by atoms with Gasteiger partial charge in [0.25, 0.3) is 0 Å². The summed E-state index contributed by atoms with van der Waals surface area (Å²) in [5.41, 5.74) is 0. The molecule has 0 aromatic rings. The predicted molar refractivity (Wildman–Crippen MR) is 76.3 cm³/mol. The van der Waals surface area contributed by atoms with Gasteiger partial charge in [0.05, 0.1) is 0 Å². The highest BCUT2D eigenvalue weighted by Gasteiger charge is 2.32. The molecule has 96 valence electrons. The molecular weight excluding hydrogens is 214 g/mol. The summed E-state index contributed by atoms with van der Waals surface area (Å²) < 4.78 is 0.587. The van der Waals surface area contributed by atoms with Crippen molar-refractivity contribution in [3.8, 4) is 0 Å². The number of rotatable bonds is 9. The quantitative estimate of drug-likeness (QED) is 0.608. The number of thioether (sulfide) groups is 1. The lowest BCUT2D eigenvalue weighted by Crippen LogP contribution is -2.35. The van der Waals surface area contributed by atoms with E-state index in [1.807, 2.05) is 0 Å². The fourth-order valence-corrected chi connectivity index (χ4v) is 3.59. The molecule has 0 aromatic carbocycles. The predicted octanol–water partition coefficient (Wildman–Crippen LogP) is 4.22. The topological polar surface area (TPSA) is 12.0 Å². The maximum atomic E-state index is 3.68. The van der Waals surface area contributed by atoms with Crippen molar-refractivity contribution in [1.82, 2.24) is 5.32 Å². The minimum Gasteiger partial charge on any atom is -0.315 e. The van der Waals surface area contributed by atoms with Crippen molar-refractivity contribution < 1.29 is 0 Å². The lowest BCUT2D eigenvalue weighted by atomic mass is 10.1. The van der Waals surface area contributed by atoms with Crippen molar-refractivity contribution in [1.29, 1.82) is 0 Å². The van der Waals surface area contributed by atoms with E-state index in [1.54, 1.807) is 0 Å². The second-order valence-electron chi connectivity index (χ2n) is 5.19. The zero-order valence-electron chi connectivity index (χ0n) is 11.2. The van der Waals surface area contributed by atoms with Gasteiger partial charge in [-0.2, -0.15) is 11.8 Å². The summed E-state index contributed by atoms with van der Waals surface area (Å²) in [4.78, 5) is 0. The molecule has 0 spiro atoms. The second-order valence-corrected chi connectivity index (χ2v) is 6.46. The van der Waals surface area contributed by atoms with Crippen LogP contribution in [0.5, 0.6) is 0 Å². The highest BCUT2D eigenvalue weighted by Crippen LogP contribution is 2.39. The Labute approximate surface area is 106 Å². The zero-order chi connectivity index (χ0) is 11.7. The first kappa shape index (κ1) is 14.4. The van der Waals surface area contributed by atoms with E-state index in [4.69, 9.17) is 0 Å². The number of unbranched alkanes of at least 4 members (excludes halogenated alkanes) is 4. The molecule has 1 fully saturated rings. The smallest absolute Gasteiger partial charge is 0.0281 e. The summed E-state index contributed by atoms with van der Waals surface area (Å²) in [6.07, 6.45) is 15.0. The van der Waals surface area contributed by atoms with Gasteiger partial charge in [0.15, 0.2) is 0 Å². The van der Waals surface area contributed by atoms with E-state index in [2.05, 4.69) is 30.3 Å². The standard InChI is InChI=1S/C14H29NS/c1-3-4-5-6-9-12-15-13-14(16-2)10-7-8-11-14/h15H,3-13H2,1-2H3. The fraction of sp³-hybridized carbons (Fsp3) is 1.00. The van der Waals surface area contributed by atoms with E-state index < -0.39 is 0 Å². The Morgan fingerprint density at radius 2 is 1.75 bits per heavy atom. The van der Waals surface area contributed by atoms with Gasteiger partial charge in [-0.3, -0.25) is 0 Å². The molecule has 0 amide bonds. The van der Waals surface area contributed by atoms with Gasteiger partial charge in [0.1, 0.15) is 0 Å². The Hall–Kier alpha value is 0.310. The summed E-state index contributed by atoms with van der Waals surface area (Å²) in [6, 6.07) is 0. The average Bonchev–Trinajstić information content (AvgIpc) is 2.77. The number of hydrogen-bond acceptors (Lipinski definition) is 2. The molecular formula is C14H29NS. The Bertz CT molecular complexity index is 164. The molecule has 1 aliphatic rings. The molecule has 1 aliphatic carbocycles. The van der Waals surface area contributed by atoms with Crippen LogP contribution in [0.15, 0.2) is 0 Å². The van der Waals surface area contributed by atoms with Crippen molar-refractivity contribution in [2.45, 2.75) is 69.5 Å². The van der Waals surface area contributed by atoms with E-state index in [1.165, 1.54) is 70.9 Å². The molecule has 0 unspecified atom stereocenters. The van der Waals surface area contributed by atoms with Crippen molar-refractivity contribution in [3.05, 3.63) is 0 Å². The van der Waals surface area contributed by atoms with Crippen LogP contribution in [-0.4, -0.2) is 24.1 Å². The first-order chi connectivity index (χ1) is 7.83. The third-order valence-electron chi connectivity index (χ3n) is 3.85. The maximum absolute atomic E-state index is 3.68. The Morgan fingerprint density at radius 3 is 2.38 bits per heavy atom. The lowest BCUT2D eigenvalue weighted by Gasteiger charge is -2.27. The summed E-state index contributed by atoms with van der Waals surface area (Å²) >= 11 is 2.09. The van der Waals surface area contributed by atoms with Crippen LogP contribution in [0.25, 0.3) is 0 Å². The van der Waals surface area contributed by atoms with Crippen LogP contribution in [0.1, 0.15) is 64.7 Å². The number of nitrogens with one attached hydrogen (secondary N) is 1. The molecule has 2 heteroatoms. The fourth-order valence-electron chi connectivity index (χ4n) is 2.64. The van der Waals surface area contributed by atoms with Gasteiger partial charge in [0.2, 0.25) is 0 Å². The van der Waals surface area contributed by atoms with Crippen LogP contribution in [0.3, 0.4) is 0 Å². The second kappa shape index (κ2) is 8.41. The van der Waals surface area contributed by atoms with Crippen molar-refractivity contribution >= 4 is 11.8 Å². The maximum Gasteiger partial charge on any atom is 0.0281 e. The van der Waals surface area contributed by atoms with Crippen LogP contribution < -0.4 is 5.32 Å². The summed E-state index contributed by atoms with van der Waals surface area (Å²) in [7, 11) is 0. The van der Waals surface area contributed by atoms with Crippen molar-refractivity contribution in [3.63, 3.8) is 0 Å². The van der Waals surface area contributed by atoms with Gasteiger partial charge in [-0.25, -0.2) is 0 Å². The van der Waals surface area contributed by atoms with Gasteiger partial charge in [-0.1, -0.05) is 45.4 Å². The SMILES string of the molecule is CCCCCCCNCC1(SC)CCCC1. The first-order valence-electron chi connectivity index (χ1n) is 7.09. The molecule has 0 heterocycles. The van der Waals surface area contributed by atoms with Crippen LogP contribution in [0.4, 0.5) is 0 Å². The highest BCUT2D eigenvalue weighted by atomic mass is 32.2. The van der Waals surface area contributed by atoms with Gasteiger partial charge < -0.3 is 5.32 Å². The summed E-state index contributed by atoms with van der Waals surface area (Å²) in [5, 5.41) is 3.68. The normalized spacial score (nSPS) is 19.1. The van der Waals surface area contributed by atoms with Crippen LogP contribution in [0, 0.1) is 0 Å². The molecule has 0 saturated heterocycles. The largest absolute Gasteiger partial charge is 0.315 e. The van der Waals surface area contributed by atoms with Gasteiger partial charge in [-0.05, 0) is 32.1 Å². The molecule has 0 bridgehead atoms. The molecule has 1 N–H and O–H groups in total. The first-order valence-corrected chi connectivity index (χ1v) is 8.31. The minimum atomic E-state index is 0.587. The lowest BCUT2D eigenvalue weighted by molar-refractivity contribution is 0.514. The van der Waals surface area contributed by atoms with E-state index in [-0.39, 0.29) is 0 Å². The van der Waals surface area contributed by atoms with Gasteiger partial charge >= 0.3 is 0 Å². The molecule has 0 atom stereocenters. The summed E-state index contributed by atoms with van der Waals surface area (Å²) in [6.45, 7) is 4.74. The Kier molecular flexibility index (Phi) is 7.55. The minimum absolute atomic E-state index is 0.587. The molecule has 1 rings (SSSR count). The Balaban J connectivity index is 1.97. The van der Waals surface area contributed by atoms with Crippen LogP contribution in [-0.2, 0) is 0 Å².